The Morgan fingerprint density at radius 2 is 2.05 bits per heavy atom. The number of furan rings is 1. The van der Waals surface area contributed by atoms with Crippen molar-refractivity contribution in [2.75, 3.05) is 6.61 Å². The summed E-state index contributed by atoms with van der Waals surface area (Å²) in [6.07, 6.45) is 12.6. The molecule has 0 spiro atoms. The molecule has 1 aromatic rings. The fraction of sp³-hybridized carbons (Fsp3) is 0.400. The molecule has 1 aromatic heterocycles. The molecule has 4 nitrogen and oxygen atoms in total. The Kier molecular flexibility index (Phi) is 4.66. The smallest absolute Gasteiger partial charge is 0.191 e. The van der Waals surface area contributed by atoms with E-state index in [1.165, 1.54) is 5.56 Å². The highest BCUT2D eigenvalue weighted by molar-refractivity contribution is 6.26. The molecule has 5 heteroatoms. The van der Waals surface area contributed by atoms with Gasteiger partial charge >= 0.3 is 0 Å². The largest absolute Gasteiger partial charge is 0.472 e. The predicted molar refractivity (Wildman–Crippen MR) is 77.0 cm³/mol. The van der Waals surface area contributed by atoms with Crippen molar-refractivity contribution >= 4 is 11.6 Å². The number of nitriles is 1. The summed E-state index contributed by atoms with van der Waals surface area (Å²) in [6.45, 7) is 0.500. The van der Waals surface area contributed by atoms with E-state index in [1.54, 1.807) is 36.8 Å². The number of ether oxygens (including phenoxy) is 1. The van der Waals surface area contributed by atoms with E-state index in [4.69, 9.17) is 26.5 Å². The molecule has 0 unspecified atom stereocenters. The molecule has 2 N–H and O–H groups in total. The van der Waals surface area contributed by atoms with Gasteiger partial charge in [0.15, 0.2) is 5.60 Å². The van der Waals surface area contributed by atoms with E-state index in [9.17, 15) is 5.26 Å². The monoisotopic (exact) mass is 292 g/mol. The Balaban J connectivity index is 1.75. The molecule has 0 saturated heterocycles. The van der Waals surface area contributed by atoms with Crippen LogP contribution >= 0.6 is 11.6 Å². The lowest BCUT2D eigenvalue weighted by atomic mass is 9.97. The number of hydrogen-bond acceptors (Lipinski definition) is 4. The van der Waals surface area contributed by atoms with Crippen LogP contribution in [0.5, 0.6) is 0 Å². The summed E-state index contributed by atoms with van der Waals surface area (Å²) in [5, 5.41) is 9.24. The summed E-state index contributed by atoms with van der Waals surface area (Å²) in [5.74, 6) is 0. The van der Waals surface area contributed by atoms with E-state index < -0.39 is 10.6 Å². The van der Waals surface area contributed by atoms with Crippen LogP contribution in [0.4, 0.5) is 0 Å². The van der Waals surface area contributed by atoms with Gasteiger partial charge in [-0.1, -0.05) is 11.6 Å². The third kappa shape index (κ3) is 3.97. The normalized spacial score (nSPS) is 28.4. The summed E-state index contributed by atoms with van der Waals surface area (Å²) in [6, 6.07) is 4.08. The maximum absolute atomic E-state index is 9.24. The van der Waals surface area contributed by atoms with Crippen molar-refractivity contribution in [1.82, 2.24) is 0 Å². The first-order valence-electron chi connectivity index (χ1n) is 6.50. The van der Waals surface area contributed by atoms with Gasteiger partial charge in [0.2, 0.25) is 0 Å². The highest BCUT2D eigenvalue weighted by Gasteiger charge is 2.31. The van der Waals surface area contributed by atoms with Gasteiger partial charge in [0.1, 0.15) is 11.1 Å². The van der Waals surface area contributed by atoms with E-state index in [1.807, 2.05) is 6.07 Å². The molecule has 0 fully saturated rings. The predicted octanol–water partition coefficient (Wildman–Crippen LogP) is 2.90. The van der Waals surface area contributed by atoms with Gasteiger partial charge in [-0.25, -0.2) is 0 Å². The van der Waals surface area contributed by atoms with Crippen molar-refractivity contribution in [3.8, 4) is 6.07 Å². The molecule has 0 amide bonds. The second-order valence-corrected chi connectivity index (χ2v) is 5.49. The molecule has 0 atom stereocenters. The molecule has 20 heavy (non-hydrogen) atoms. The molecule has 1 aliphatic carbocycles. The van der Waals surface area contributed by atoms with Gasteiger partial charge in [0, 0.05) is 6.61 Å². The first-order chi connectivity index (χ1) is 9.55. The first-order valence-corrected chi connectivity index (χ1v) is 6.88. The molecule has 0 bridgehead atoms. The van der Waals surface area contributed by atoms with Gasteiger partial charge in [-0.05, 0) is 55.2 Å². The van der Waals surface area contributed by atoms with Crippen LogP contribution in [0.25, 0.3) is 0 Å². The van der Waals surface area contributed by atoms with Crippen molar-refractivity contribution in [2.45, 2.75) is 29.9 Å². The Hall–Kier alpha value is -1.54. The summed E-state index contributed by atoms with van der Waals surface area (Å²) in [7, 11) is 0. The van der Waals surface area contributed by atoms with Crippen molar-refractivity contribution in [2.24, 2.45) is 5.73 Å². The summed E-state index contributed by atoms with van der Waals surface area (Å²) >= 11 is 5.93. The van der Waals surface area contributed by atoms with Crippen LogP contribution < -0.4 is 5.73 Å². The second kappa shape index (κ2) is 6.27. The minimum Gasteiger partial charge on any atom is -0.472 e. The van der Waals surface area contributed by atoms with Gasteiger partial charge in [0.05, 0.1) is 12.5 Å². The lowest BCUT2D eigenvalue weighted by Gasteiger charge is -2.26. The fourth-order valence-corrected chi connectivity index (χ4v) is 2.05. The maximum Gasteiger partial charge on any atom is 0.191 e. The molecule has 0 saturated carbocycles. The van der Waals surface area contributed by atoms with Crippen molar-refractivity contribution in [3.63, 3.8) is 0 Å². The van der Waals surface area contributed by atoms with E-state index in [2.05, 4.69) is 6.07 Å². The Labute approximate surface area is 123 Å². The quantitative estimate of drug-likeness (QED) is 0.379. The lowest BCUT2D eigenvalue weighted by molar-refractivity contribution is 0.0631. The summed E-state index contributed by atoms with van der Waals surface area (Å²) in [5.41, 5.74) is 5.83. The van der Waals surface area contributed by atoms with Crippen LogP contribution in [0.15, 0.2) is 47.3 Å². The molecular formula is C15H17ClN2O2. The van der Waals surface area contributed by atoms with E-state index >= 15 is 0 Å². The molecule has 1 aliphatic rings. The van der Waals surface area contributed by atoms with Crippen LogP contribution in [-0.4, -0.2) is 17.2 Å². The Morgan fingerprint density at radius 3 is 2.65 bits per heavy atom. The minimum absolute atomic E-state index is 0.500. The Morgan fingerprint density at radius 1 is 1.30 bits per heavy atom. The number of nitrogens with zero attached hydrogens (tertiary/aromatic N) is 1. The van der Waals surface area contributed by atoms with E-state index in [0.717, 1.165) is 19.3 Å². The second-order valence-electron chi connectivity index (χ2n) is 4.84. The van der Waals surface area contributed by atoms with E-state index in [-0.39, 0.29) is 0 Å². The van der Waals surface area contributed by atoms with Crippen LogP contribution in [0.1, 0.15) is 18.4 Å². The van der Waals surface area contributed by atoms with Gasteiger partial charge < -0.3 is 14.9 Å². The van der Waals surface area contributed by atoms with E-state index in [0.29, 0.717) is 6.61 Å². The summed E-state index contributed by atoms with van der Waals surface area (Å²) < 4.78 is 10.7. The lowest BCUT2D eigenvalue weighted by Crippen LogP contribution is -2.36. The Bertz CT molecular complexity index is 511. The molecule has 2 rings (SSSR count). The van der Waals surface area contributed by atoms with Gasteiger partial charge in [-0.15, -0.1) is 0 Å². The van der Waals surface area contributed by atoms with Gasteiger partial charge in [0.25, 0.3) is 0 Å². The minimum atomic E-state index is -1.05. The average Bonchev–Trinajstić information content (AvgIpc) is 2.94. The summed E-state index contributed by atoms with van der Waals surface area (Å²) in [4.78, 5) is -1.02. The zero-order valence-electron chi connectivity index (χ0n) is 11.1. The maximum atomic E-state index is 9.24. The number of rotatable bonds is 6. The highest BCUT2D eigenvalue weighted by atomic mass is 35.5. The molecule has 0 aromatic carbocycles. The third-order valence-corrected chi connectivity index (χ3v) is 3.38. The molecular weight excluding hydrogens is 276 g/mol. The average molecular weight is 293 g/mol. The first kappa shape index (κ1) is 14.9. The van der Waals surface area contributed by atoms with Crippen LogP contribution in [0, 0.1) is 11.3 Å². The molecule has 0 radical (unpaired) electrons. The van der Waals surface area contributed by atoms with Gasteiger partial charge in [-0.3, -0.25) is 0 Å². The van der Waals surface area contributed by atoms with Gasteiger partial charge in [-0.2, -0.15) is 5.26 Å². The molecule has 1 heterocycles. The number of alkyl halides is 1. The standard InChI is InChI=1S/C15H17ClN2O2/c16-15(18)7-5-14(12-17,6-8-15)20-9-2-1-3-13-4-10-19-11-13/h4-8,10-11H,1-3,9,18H2. The SMILES string of the molecule is N#CC1(OCCCCc2ccoc2)C=CC(N)(Cl)C=C1. The number of hydrogen-bond donors (Lipinski definition) is 1. The molecule has 106 valence electrons. The zero-order chi connectivity index (χ0) is 14.5. The number of unbranched alkanes of at least 4 members (excludes halogenated alkanes) is 1. The van der Waals surface area contributed by atoms with Crippen LogP contribution in [0.3, 0.4) is 0 Å². The number of aryl methyl sites for hydroxylation is 1. The topological polar surface area (TPSA) is 72.2 Å². The van der Waals surface area contributed by atoms with Crippen molar-refractivity contribution in [1.29, 1.82) is 5.26 Å². The van der Waals surface area contributed by atoms with Crippen molar-refractivity contribution < 1.29 is 9.15 Å². The highest BCUT2D eigenvalue weighted by Crippen LogP contribution is 2.25. The van der Waals surface area contributed by atoms with Crippen molar-refractivity contribution in [3.05, 3.63) is 48.5 Å². The molecule has 0 aliphatic heterocycles. The zero-order valence-corrected chi connectivity index (χ0v) is 11.8. The fourth-order valence-electron chi connectivity index (χ4n) is 1.92. The third-order valence-electron chi connectivity index (χ3n) is 3.13. The van der Waals surface area contributed by atoms with Crippen LogP contribution in [0.2, 0.25) is 0 Å². The van der Waals surface area contributed by atoms with Crippen LogP contribution in [-0.2, 0) is 11.2 Å². The number of halogens is 1. The number of nitrogens with two attached hydrogens (primary N) is 1.